The third-order valence-corrected chi connectivity index (χ3v) is 4.97. The second kappa shape index (κ2) is 10.4. The van der Waals surface area contributed by atoms with Crippen LogP contribution in [0.4, 0.5) is 0 Å². The molecule has 4 nitrogen and oxygen atoms in total. The molecule has 1 saturated heterocycles. The van der Waals surface area contributed by atoms with Gasteiger partial charge in [-0.1, -0.05) is 12.1 Å². The Morgan fingerprint density at radius 1 is 1.55 bits per heavy atom. The lowest BCUT2D eigenvalue weighted by Crippen LogP contribution is -2.42. The molecule has 1 fully saturated rings. The first kappa shape index (κ1) is 19.6. The van der Waals surface area contributed by atoms with E-state index < -0.39 is 0 Å². The smallest absolute Gasteiger partial charge is 0.221 e. The average molecular weight is 410 g/mol. The molecule has 2 unspecified atom stereocenters. The van der Waals surface area contributed by atoms with Crippen LogP contribution in [0.1, 0.15) is 13.3 Å². The maximum Gasteiger partial charge on any atom is 0.221 e. The maximum atomic E-state index is 11.9. The first-order valence-electron chi connectivity index (χ1n) is 7.14. The van der Waals surface area contributed by atoms with Gasteiger partial charge in [-0.05, 0) is 35.0 Å². The van der Waals surface area contributed by atoms with E-state index >= 15 is 0 Å². The SMILES string of the molecule is CC(CNC(=O)CC1CSCCN1)Oc1ccccc1Br.Cl. The van der Waals surface area contributed by atoms with Gasteiger partial charge in [0, 0.05) is 30.5 Å². The molecule has 0 aromatic heterocycles. The number of nitrogens with one attached hydrogen (secondary N) is 2. The van der Waals surface area contributed by atoms with Gasteiger partial charge in [-0.3, -0.25) is 4.79 Å². The number of carbonyl (C=O) groups is 1. The van der Waals surface area contributed by atoms with Crippen LogP contribution in [-0.2, 0) is 4.79 Å². The standard InChI is InChI=1S/C15H21BrN2O2S.ClH/c1-11(20-14-5-3-2-4-13(14)16)9-18-15(19)8-12-10-21-7-6-17-12;/h2-5,11-12,17H,6-10H2,1H3,(H,18,19);1H. The van der Waals surface area contributed by atoms with E-state index in [1.165, 1.54) is 0 Å². The molecule has 2 atom stereocenters. The molecule has 1 aromatic carbocycles. The minimum absolute atomic E-state index is 0. The molecule has 1 amide bonds. The van der Waals surface area contributed by atoms with E-state index in [9.17, 15) is 4.79 Å². The van der Waals surface area contributed by atoms with Crippen molar-refractivity contribution in [1.82, 2.24) is 10.6 Å². The molecule has 1 aliphatic rings. The molecule has 1 aliphatic heterocycles. The van der Waals surface area contributed by atoms with E-state index in [0.29, 0.717) is 19.0 Å². The number of para-hydroxylation sites is 1. The fourth-order valence-electron chi connectivity index (χ4n) is 2.10. The van der Waals surface area contributed by atoms with E-state index in [4.69, 9.17) is 4.74 Å². The highest BCUT2D eigenvalue weighted by molar-refractivity contribution is 9.10. The first-order chi connectivity index (χ1) is 10.1. The lowest BCUT2D eigenvalue weighted by molar-refractivity contribution is -0.121. The minimum Gasteiger partial charge on any atom is -0.488 e. The molecule has 0 spiro atoms. The van der Waals surface area contributed by atoms with Gasteiger partial charge in [0.05, 0.1) is 11.0 Å². The Hall–Kier alpha value is -0.430. The van der Waals surface area contributed by atoms with Crippen molar-refractivity contribution in [3.8, 4) is 5.75 Å². The van der Waals surface area contributed by atoms with Crippen LogP contribution in [0.5, 0.6) is 5.75 Å². The fourth-order valence-corrected chi connectivity index (χ4v) is 3.43. The third-order valence-electron chi connectivity index (χ3n) is 3.18. The van der Waals surface area contributed by atoms with Crippen LogP contribution in [0, 0.1) is 0 Å². The Kier molecular flexibility index (Phi) is 9.24. The molecule has 22 heavy (non-hydrogen) atoms. The van der Waals surface area contributed by atoms with Crippen molar-refractivity contribution >= 4 is 46.0 Å². The van der Waals surface area contributed by atoms with Crippen LogP contribution < -0.4 is 15.4 Å². The van der Waals surface area contributed by atoms with Gasteiger partial charge in [0.25, 0.3) is 0 Å². The molecule has 0 saturated carbocycles. The summed E-state index contributed by atoms with van der Waals surface area (Å²) in [7, 11) is 0. The lowest BCUT2D eigenvalue weighted by Gasteiger charge is -2.23. The van der Waals surface area contributed by atoms with Crippen molar-refractivity contribution in [1.29, 1.82) is 0 Å². The Balaban J connectivity index is 0.00000242. The normalized spacial score (nSPS) is 18.9. The van der Waals surface area contributed by atoms with Crippen LogP contribution in [-0.4, -0.2) is 42.6 Å². The minimum atomic E-state index is -0.0682. The maximum absolute atomic E-state index is 11.9. The molecule has 0 aliphatic carbocycles. The highest BCUT2D eigenvalue weighted by atomic mass is 79.9. The number of rotatable bonds is 6. The van der Waals surface area contributed by atoms with Gasteiger partial charge >= 0.3 is 0 Å². The van der Waals surface area contributed by atoms with E-state index in [0.717, 1.165) is 28.3 Å². The van der Waals surface area contributed by atoms with Gasteiger partial charge in [0.2, 0.25) is 5.91 Å². The number of thioether (sulfide) groups is 1. The van der Waals surface area contributed by atoms with Crippen LogP contribution in [0.2, 0.25) is 0 Å². The van der Waals surface area contributed by atoms with Crippen LogP contribution in [0.15, 0.2) is 28.7 Å². The number of carbonyl (C=O) groups excluding carboxylic acids is 1. The summed E-state index contributed by atoms with van der Waals surface area (Å²) in [5.74, 6) is 3.02. The summed E-state index contributed by atoms with van der Waals surface area (Å²) in [4.78, 5) is 11.9. The number of hydrogen-bond donors (Lipinski definition) is 2. The second-order valence-corrected chi connectivity index (χ2v) is 7.10. The van der Waals surface area contributed by atoms with Gasteiger partial charge < -0.3 is 15.4 Å². The third kappa shape index (κ3) is 6.77. The summed E-state index contributed by atoms with van der Waals surface area (Å²) in [5.41, 5.74) is 0. The predicted molar refractivity (Wildman–Crippen MR) is 98.2 cm³/mol. The van der Waals surface area contributed by atoms with Crippen molar-refractivity contribution in [2.75, 3.05) is 24.6 Å². The zero-order chi connectivity index (χ0) is 15.1. The number of amides is 1. The predicted octanol–water partition coefficient (Wildman–Crippen LogP) is 2.85. The summed E-state index contributed by atoms with van der Waals surface area (Å²) in [6, 6.07) is 8.01. The van der Waals surface area contributed by atoms with Gasteiger partial charge in [-0.15, -0.1) is 12.4 Å². The number of halogens is 2. The topological polar surface area (TPSA) is 50.4 Å². The van der Waals surface area contributed by atoms with Crippen molar-refractivity contribution < 1.29 is 9.53 Å². The Bertz CT molecular complexity index is 473. The number of benzene rings is 1. The van der Waals surface area contributed by atoms with Crippen LogP contribution in [0.3, 0.4) is 0 Å². The van der Waals surface area contributed by atoms with Crippen LogP contribution >= 0.6 is 40.1 Å². The van der Waals surface area contributed by atoms with Crippen LogP contribution in [0.25, 0.3) is 0 Å². The van der Waals surface area contributed by atoms with Crippen molar-refractivity contribution in [3.63, 3.8) is 0 Å². The highest BCUT2D eigenvalue weighted by Crippen LogP contribution is 2.24. The molecule has 7 heteroatoms. The molecule has 2 rings (SSSR count). The first-order valence-corrected chi connectivity index (χ1v) is 9.09. The highest BCUT2D eigenvalue weighted by Gasteiger charge is 2.17. The Morgan fingerprint density at radius 2 is 2.32 bits per heavy atom. The summed E-state index contributed by atoms with van der Waals surface area (Å²) in [5, 5.41) is 6.31. The molecule has 0 bridgehead atoms. The molecule has 1 heterocycles. The summed E-state index contributed by atoms with van der Waals surface area (Å²) >= 11 is 5.35. The summed E-state index contributed by atoms with van der Waals surface area (Å²) in [6.45, 7) is 3.46. The van der Waals surface area contributed by atoms with E-state index in [-0.39, 0.29) is 24.4 Å². The molecular weight excluding hydrogens is 388 g/mol. The zero-order valence-corrected chi connectivity index (χ0v) is 15.7. The molecule has 0 radical (unpaired) electrons. The quantitative estimate of drug-likeness (QED) is 0.758. The zero-order valence-electron chi connectivity index (χ0n) is 12.5. The number of hydrogen-bond acceptors (Lipinski definition) is 4. The monoisotopic (exact) mass is 408 g/mol. The summed E-state index contributed by atoms with van der Waals surface area (Å²) in [6.07, 6.45) is 0.468. The largest absolute Gasteiger partial charge is 0.488 e. The summed E-state index contributed by atoms with van der Waals surface area (Å²) < 4.78 is 6.73. The lowest BCUT2D eigenvalue weighted by atomic mass is 10.2. The van der Waals surface area contributed by atoms with E-state index in [2.05, 4.69) is 26.6 Å². The fraction of sp³-hybridized carbons (Fsp3) is 0.533. The number of ether oxygens (including phenoxy) is 1. The van der Waals surface area contributed by atoms with Gasteiger partial charge in [0.1, 0.15) is 11.9 Å². The Morgan fingerprint density at radius 3 is 3.00 bits per heavy atom. The molecular formula is C15H22BrClN2O2S. The van der Waals surface area contributed by atoms with Crippen molar-refractivity contribution in [2.45, 2.75) is 25.5 Å². The van der Waals surface area contributed by atoms with Gasteiger partial charge in [0.15, 0.2) is 0 Å². The molecule has 124 valence electrons. The van der Waals surface area contributed by atoms with E-state index in [1.807, 2.05) is 43.0 Å². The van der Waals surface area contributed by atoms with Gasteiger partial charge in [-0.2, -0.15) is 11.8 Å². The van der Waals surface area contributed by atoms with Gasteiger partial charge in [-0.25, -0.2) is 0 Å². The van der Waals surface area contributed by atoms with E-state index in [1.54, 1.807) is 0 Å². The van der Waals surface area contributed by atoms with Crippen molar-refractivity contribution in [3.05, 3.63) is 28.7 Å². The van der Waals surface area contributed by atoms with Crippen molar-refractivity contribution in [2.24, 2.45) is 0 Å². The average Bonchev–Trinajstić information content (AvgIpc) is 2.49. The molecule has 2 N–H and O–H groups in total. The molecule has 1 aromatic rings. The second-order valence-electron chi connectivity index (χ2n) is 5.09. The Labute approximate surface area is 150 Å².